The standard InChI is InChI=1S/C8H14N2O2/c1-3-5(9-3)7-10-4(2)6(10)8(11)12-7/h3-9,11H,1-2H3. The van der Waals surface area contributed by atoms with Crippen molar-refractivity contribution < 1.29 is 9.84 Å². The Morgan fingerprint density at radius 1 is 1.42 bits per heavy atom. The van der Waals surface area contributed by atoms with Crippen LogP contribution in [-0.2, 0) is 4.74 Å². The van der Waals surface area contributed by atoms with E-state index in [9.17, 15) is 5.11 Å². The lowest BCUT2D eigenvalue weighted by atomic mass is 10.3. The van der Waals surface area contributed by atoms with Gasteiger partial charge in [0.1, 0.15) is 6.23 Å². The van der Waals surface area contributed by atoms with E-state index in [4.69, 9.17) is 4.74 Å². The summed E-state index contributed by atoms with van der Waals surface area (Å²) in [5, 5.41) is 12.7. The summed E-state index contributed by atoms with van der Waals surface area (Å²) < 4.78 is 5.41. The van der Waals surface area contributed by atoms with Crippen molar-refractivity contribution in [1.82, 2.24) is 10.2 Å². The van der Waals surface area contributed by atoms with Crippen LogP contribution in [0.2, 0.25) is 0 Å². The first-order valence-electron chi connectivity index (χ1n) is 4.57. The Labute approximate surface area is 71.5 Å². The van der Waals surface area contributed by atoms with Crippen LogP contribution < -0.4 is 5.32 Å². The molecule has 0 aromatic carbocycles. The molecule has 0 amide bonds. The first kappa shape index (κ1) is 7.26. The van der Waals surface area contributed by atoms with Crippen LogP contribution in [0.4, 0.5) is 0 Å². The van der Waals surface area contributed by atoms with E-state index < -0.39 is 6.29 Å². The average Bonchev–Trinajstić information content (AvgIpc) is 2.82. The lowest BCUT2D eigenvalue weighted by molar-refractivity contribution is -0.116. The van der Waals surface area contributed by atoms with E-state index in [1.165, 1.54) is 0 Å². The lowest BCUT2D eigenvalue weighted by Gasteiger charge is -2.14. The first-order valence-corrected chi connectivity index (χ1v) is 4.57. The fourth-order valence-electron chi connectivity index (χ4n) is 2.32. The fraction of sp³-hybridized carbons (Fsp3) is 1.00. The molecule has 4 nitrogen and oxygen atoms in total. The van der Waals surface area contributed by atoms with Gasteiger partial charge < -0.3 is 15.2 Å². The van der Waals surface area contributed by atoms with Crippen molar-refractivity contribution in [2.75, 3.05) is 0 Å². The van der Waals surface area contributed by atoms with Crippen LogP contribution in [0.1, 0.15) is 13.8 Å². The van der Waals surface area contributed by atoms with Gasteiger partial charge >= 0.3 is 0 Å². The van der Waals surface area contributed by atoms with Crippen LogP contribution in [0.3, 0.4) is 0 Å². The summed E-state index contributed by atoms with van der Waals surface area (Å²) in [4.78, 5) is 2.24. The molecular weight excluding hydrogens is 156 g/mol. The molecule has 3 aliphatic heterocycles. The smallest absolute Gasteiger partial charge is 0.173 e. The van der Waals surface area contributed by atoms with Gasteiger partial charge in [-0.1, -0.05) is 0 Å². The molecule has 68 valence electrons. The van der Waals surface area contributed by atoms with Gasteiger partial charge in [-0.3, -0.25) is 4.90 Å². The molecule has 3 heterocycles. The largest absolute Gasteiger partial charge is 0.366 e. The SMILES string of the molecule is CC1NC1C1OC(O)C2C(C)N12. The third-order valence-electron chi connectivity index (χ3n) is 3.28. The van der Waals surface area contributed by atoms with Crippen LogP contribution in [0.25, 0.3) is 0 Å². The molecule has 3 aliphatic rings. The third-order valence-corrected chi connectivity index (χ3v) is 3.28. The summed E-state index contributed by atoms with van der Waals surface area (Å²) >= 11 is 0. The Morgan fingerprint density at radius 2 is 2.08 bits per heavy atom. The normalized spacial score (nSPS) is 67.8. The molecule has 0 saturated carbocycles. The summed E-state index contributed by atoms with van der Waals surface area (Å²) in [6.07, 6.45) is -0.436. The highest BCUT2D eigenvalue weighted by atomic mass is 16.6. The van der Waals surface area contributed by atoms with Crippen molar-refractivity contribution in [2.45, 2.75) is 50.5 Å². The van der Waals surface area contributed by atoms with Crippen molar-refractivity contribution in [2.24, 2.45) is 0 Å². The molecule has 2 N–H and O–H groups in total. The molecule has 4 heteroatoms. The third kappa shape index (κ3) is 0.758. The van der Waals surface area contributed by atoms with Gasteiger partial charge in [-0.2, -0.15) is 0 Å². The molecule has 0 aromatic heterocycles. The van der Waals surface area contributed by atoms with Crippen LogP contribution in [-0.4, -0.2) is 46.7 Å². The molecular formula is C8H14N2O2. The zero-order valence-electron chi connectivity index (χ0n) is 7.27. The lowest BCUT2D eigenvalue weighted by Crippen LogP contribution is -2.30. The zero-order valence-corrected chi connectivity index (χ0v) is 7.27. The second-order valence-electron chi connectivity index (χ2n) is 4.08. The summed E-state index contributed by atoms with van der Waals surface area (Å²) in [7, 11) is 0. The van der Waals surface area contributed by atoms with E-state index in [0.717, 1.165) is 0 Å². The maximum Gasteiger partial charge on any atom is 0.173 e. The monoisotopic (exact) mass is 170 g/mol. The molecule has 7 atom stereocenters. The van der Waals surface area contributed by atoms with Gasteiger partial charge in [0.2, 0.25) is 0 Å². The number of hydrogen-bond donors (Lipinski definition) is 2. The Balaban J connectivity index is 1.74. The fourth-order valence-corrected chi connectivity index (χ4v) is 2.32. The second kappa shape index (κ2) is 2.01. The summed E-state index contributed by atoms with van der Waals surface area (Å²) in [6.45, 7) is 4.28. The summed E-state index contributed by atoms with van der Waals surface area (Å²) in [5.74, 6) is 0. The Bertz CT molecular complexity index is 223. The Kier molecular flexibility index (Phi) is 1.22. The molecule has 3 rings (SSSR count). The number of nitrogens with one attached hydrogen (secondary N) is 1. The summed E-state index contributed by atoms with van der Waals surface area (Å²) in [5.41, 5.74) is 0. The minimum Gasteiger partial charge on any atom is -0.366 e. The maximum absolute atomic E-state index is 9.45. The Morgan fingerprint density at radius 3 is 2.50 bits per heavy atom. The molecule has 0 aromatic rings. The number of aliphatic hydroxyl groups excluding tert-OH is 1. The van der Waals surface area contributed by atoms with E-state index in [-0.39, 0.29) is 12.3 Å². The molecule has 3 saturated heterocycles. The molecule has 0 radical (unpaired) electrons. The predicted octanol–water partition coefficient (Wildman–Crippen LogP) is -0.906. The van der Waals surface area contributed by atoms with Crippen LogP contribution in [0, 0.1) is 0 Å². The van der Waals surface area contributed by atoms with Crippen molar-refractivity contribution in [1.29, 1.82) is 0 Å². The van der Waals surface area contributed by atoms with E-state index >= 15 is 0 Å². The van der Waals surface area contributed by atoms with Gasteiger partial charge in [0.15, 0.2) is 6.29 Å². The highest BCUT2D eigenvalue weighted by Gasteiger charge is 2.64. The first-order chi connectivity index (χ1) is 5.70. The van der Waals surface area contributed by atoms with E-state index in [1.54, 1.807) is 0 Å². The highest BCUT2D eigenvalue weighted by Crippen LogP contribution is 2.44. The van der Waals surface area contributed by atoms with Crippen molar-refractivity contribution in [3.8, 4) is 0 Å². The maximum atomic E-state index is 9.45. The molecule has 0 bridgehead atoms. The summed E-state index contributed by atoms with van der Waals surface area (Å²) in [6, 6.07) is 1.77. The van der Waals surface area contributed by atoms with Gasteiger partial charge in [0, 0.05) is 12.1 Å². The number of fused-ring (bicyclic) bond motifs is 1. The number of ether oxygens (including phenoxy) is 1. The molecule has 0 aliphatic carbocycles. The van der Waals surface area contributed by atoms with E-state index in [1.807, 2.05) is 0 Å². The minimum absolute atomic E-state index is 0.120. The van der Waals surface area contributed by atoms with Gasteiger partial charge in [-0.05, 0) is 13.8 Å². The topological polar surface area (TPSA) is 54.4 Å². The Hall–Kier alpha value is -0.160. The van der Waals surface area contributed by atoms with Gasteiger partial charge in [-0.25, -0.2) is 0 Å². The number of nitrogens with zero attached hydrogens (tertiary/aromatic N) is 1. The number of rotatable bonds is 1. The quantitative estimate of drug-likeness (QED) is 0.500. The van der Waals surface area contributed by atoms with Crippen molar-refractivity contribution >= 4 is 0 Å². The number of aliphatic hydroxyl groups is 1. The van der Waals surface area contributed by atoms with Crippen LogP contribution >= 0.6 is 0 Å². The second-order valence-corrected chi connectivity index (χ2v) is 4.08. The number of hydrogen-bond acceptors (Lipinski definition) is 4. The molecule has 3 fully saturated rings. The molecule has 7 unspecified atom stereocenters. The van der Waals surface area contributed by atoms with Crippen LogP contribution in [0.15, 0.2) is 0 Å². The van der Waals surface area contributed by atoms with Crippen molar-refractivity contribution in [3.05, 3.63) is 0 Å². The highest BCUT2D eigenvalue weighted by molar-refractivity contribution is 5.14. The van der Waals surface area contributed by atoms with Gasteiger partial charge in [0.05, 0.1) is 12.1 Å². The van der Waals surface area contributed by atoms with Crippen molar-refractivity contribution in [3.63, 3.8) is 0 Å². The van der Waals surface area contributed by atoms with Crippen LogP contribution in [0.5, 0.6) is 0 Å². The minimum atomic E-state index is -0.556. The van der Waals surface area contributed by atoms with Gasteiger partial charge in [0.25, 0.3) is 0 Å². The average molecular weight is 170 g/mol. The van der Waals surface area contributed by atoms with E-state index in [0.29, 0.717) is 18.1 Å². The molecule has 12 heavy (non-hydrogen) atoms. The molecule has 0 spiro atoms. The zero-order chi connectivity index (χ0) is 8.46. The van der Waals surface area contributed by atoms with Gasteiger partial charge in [-0.15, -0.1) is 0 Å². The predicted molar refractivity (Wildman–Crippen MR) is 42.4 cm³/mol. The van der Waals surface area contributed by atoms with E-state index in [2.05, 4.69) is 24.1 Å².